The van der Waals surface area contributed by atoms with Crippen LogP contribution in [0.15, 0.2) is 81.6 Å². The summed E-state index contributed by atoms with van der Waals surface area (Å²) in [6, 6.07) is 14.4. The minimum Gasteiger partial charge on any atom is -0.493 e. The van der Waals surface area contributed by atoms with Crippen molar-refractivity contribution in [2.45, 2.75) is 32.6 Å². The minimum atomic E-state index is -0.416. The molecular weight excluding hydrogens is 591 g/mol. The zero-order valence-corrected chi connectivity index (χ0v) is 24.6. The van der Waals surface area contributed by atoms with Crippen LogP contribution in [-0.4, -0.2) is 35.5 Å². The lowest BCUT2D eigenvalue weighted by Gasteiger charge is -2.16. The normalized spacial score (nSPS) is 11.9. The molecule has 1 aromatic heterocycles. The van der Waals surface area contributed by atoms with Gasteiger partial charge in [0, 0.05) is 21.6 Å². The van der Waals surface area contributed by atoms with E-state index in [1.54, 1.807) is 24.4 Å². The predicted octanol–water partition coefficient (Wildman–Crippen LogP) is 6.45. The van der Waals surface area contributed by atoms with Crippen LogP contribution in [0.1, 0.15) is 43.1 Å². The molecule has 0 aliphatic rings. The molecule has 0 radical (unpaired) electrons. The highest BCUT2D eigenvalue weighted by Crippen LogP contribution is 2.33. The maximum atomic E-state index is 13.5. The van der Waals surface area contributed by atoms with Crippen LogP contribution in [-0.2, 0) is 11.2 Å². The molecule has 1 N–H and O–H groups in total. The molecule has 0 spiro atoms. The van der Waals surface area contributed by atoms with Crippen molar-refractivity contribution in [3.63, 3.8) is 0 Å². The van der Waals surface area contributed by atoms with Crippen molar-refractivity contribution in [3.05, 3.63) is 105 Å². The van der Waals surface area contributed by atoms with Gasteiger partial charge < -0.3 is 14.8 Å². The Labute approximate surface area is 245 Å². The molecule has 8 nitrogen and oxygen atoms in total. The molecule has 1 heterocycles. The van der Waals surface area contributed by atoms with Crippen molar-refractivity contribution in [2.75, 3.05) is 19.0 Å². The number of fused-ring (bicyclic) bond motifs is 1. The smallest absolute Gasteiger partial charge is 0.282 e. The summed E-state index contributed by atoms with van der Waals surface area (Å²) < 4.78 is 26.7. The number of hydrogen-bond donors (Lipinski definition) is 1. The van der Waals surface area contributed by atoms with E-state index in [2.05, 4.69) is 32.9 Å². The Kier molecular flexibility index (Phi) is 9.67. The van der Waals surface area contributed by atoms with Gasteiger partial charge in [-0.05, 0) is 73.0 Å². The van der Waals surface area contributed by atoms with E-state index in [0.29, 0.717) is 51.5 Å². The van der Waals surface area contributed by atoms with E-state index in [0.717, 1.165) is 10.9 Å². The van der Waals surface area contributed by atoms with Crippen LogP contribution in [0.5, 0.6) is 11.5 Å². The number of amides is 1. The first-order valence-electron chi connectivity index (χ1n) is 13.0. The number of nitrogens with one attached hydrogen (secondary N) is 1. The van der Waals surface area contributed by atoms with Crippen molar-refractivity contribution in [2.24, 2.45) is 5.10 Å². The summed E-state index contributed by atoms with van der Waals surface area (Å²) in [6.45, 7) is 7.56. The van der Waals surface area contributed by atoms with Crippen LogP contribution < -0.4 is 20.3 Å². The molecule has 10 heteroatoms. The van der Waals surface area contributed by atoms with E-state index in [1.165, 1.54) is 36.1 Å². The first-order valence-corrected chi connectivity index (χ1v) is 13.8. The quantitative estimate of drug-likeness (QED) is 0.154. The molecule has 1 amide bonds. The Morgan fingerprint density at radius 1 is 1.22 bits per heavy atom. The van der Waals surface area contributed by atoms with Gasteiger partial charge in [-0.15, -0.1) is 6.58 Å². The lowest BCUT2D eigenvalue weighted by atomic mass is 10.1. The van der Waals surface area contributed by atoms with E-state index in [1.807, 2.05) is 32.0 Å². The van der Waals surface area contributed by atoms with Crippen LogP contribution in [0.3, 0.4) is 0 Å². The Balaban J connectivity index is 1.66. The van der Waals surface area contributed by atoms with Crippen molar-refractivity contribution >= 4 is 44.6 Å². The number of benzene rings is 3. The average molecular weight is 622 g/mol. The molecule has 0 bridgehead atoms. The minimum absolute atomic E-state index is 0.00408. The monoisotopic (exact) mass is 620 g/mol. The van der Waals surface area contributed by atoms with Gasteiger partial charge in [0.2, 0.25) is 0 Å². The maximum Gasteiger partial charge on any atom is 0.282 e. The fourth-order valence-electron chi connectivity index (χ4n) is 4.15. The van der Waals surface area contributed by atoms with Crippen molar-refractivity contribution < 1.29 is 18.7 Å². The number of carbonyl (C=O) groups is 1. The number of nitrogens with zero attached hydrogens (tertiary/aromatic N) is 3. The summed E-state index contributed by atoms with van der Waals surface area (Å²) in [4.78, 5) is 30.7. The maximum absolute atomic E-state index is 13.5. The standard InChI is InChI=1S/C31H30BrFN4O4/c1-5-7-21-14-20(15-27(40-4)29(21)41-18-28(38)35-24-11-9-23(33)10-12-24)17-34-37-30(19(3)6-2)36-26-13-8-22(32)16-25(26)31(37)39/h5,8-17,19H,1,6-7,18H2,2-4H3,(H,35,38)/t19-/m1/s1. The third-order valence-electron chi connectivity index (χ3n) is 6.42. The molecule has 4 rings (SSSR count). The number of methoxy groups -OCH3 is 1. The topological polar surface area (TPSA) is 94.8 Å². The van der Waals surface area contributed by atoms with Crippen LogP contribution in [0.4, 0.5) is 10.1 Å². The molecule has 41 heavy (non-hydrogen) atoms. The van der Waals surface area contributed by atoms with E-state index < -0.39 is 11.7 Å². The van der Waals surface area contributed by atoms with E-state index in [9.17, 15) is 14.0 Å². The largest absolute Gasteiger partial charge is 0.493 e. The van der Waals surface area contributed by atoms with Crippen molar-refractivity contribution in [3.8, 4) is 11.5 Å². The number of halogens is 2. The molecule has 212 valence electrons. The third-order valence-corrected chi connectivity index (χ3v) is 6.92. The van der Waals surface area contributed by atoms with Crippen LogP contribution in [0.25, 0.3) is 10.9 Å². The molecule has 0 aliphatic heterocycles. The summed E-state index contributed by atoms with van der Waals surface area (Å²) in [5, 5.41) is 7.67. The highest BCUT2D eigenvalue weighted by Gasteiger charge is 2.17. The molecule has 0 unspecified atom stereocenters. The fraction of sp³-hybridized carbons (Fsp3) is 0.226. The lowest BCUT2D eigenvalue weighted by molar-refractivity contribution is -0.118. The second kappa shape index (κ2) is 13.4. The number of ether oxygens (including phenoxy) is 2. The first kappa shape index (κ1) is 29.7. The van der Waals surface area contributed by atoms with Crippen LogP contribution in [0, 0.1) is 5.82 Å². The third kappa shape index (κ3) is 7.07. The van der Waals surface area contributed by atoms with Crippen molar-refractivity contribution in [1.82, 2.24) is 9.66 Å². The summed E-state index contributed by atoms with van der Waals surface area (Å²) in [5.74, 6) is 0.516. The van der Waals surface area contributed by atoms with E-state index in [-0.39, 0.29) is 18.1 Å². The summed E-state index contributed by atoms with van der Waals surface area (Å²) in [7, 11) is 1.50. The number of rotatable bonds is 11. The number of hydrogen-bond acceptors (Lipinski definition) is 6. The van der Waals surface area contributed by atoms with Crippen molar-refractivity contribution in [1.29, 1.82) is 0 Å². The summed E-state index contributed by atoms with van der Waals surface area (Å²) in [6.07, 6.45) is 4.48. The summed E-state index contributed by atoms with van der Waals surface area (Å²) in [5.41, 5.74) is 2.16. The fourth-order valence-corrected chi connectivity index (χ4v) is 4.51. The van der Waals surface area contributed by atoms with Gasteiger partial charge in [0.1, 0.15) is 11.6 Å². The van der Waals surface area contributed by atoms with Gasteiger partial charge in [-0.2, -0.15) is 9.78 Å². The van der Waals surface area contributed by atoms with Gasteiger partial charge in [-0.25, -0.2) is 9.37 Å². The second-order valence-corrected chi connectivity index (χ2v) is 10.3. The van der Waals surface area contributed by atoms with Gasteiger partial charge in [-0.3, -0.25) is 9.59 Å². The van der Waals surface area contributed by atoms with Crippen LogP contribution in [0.2, 0.25) is 0 Å². The zero-order valence-electron chi connectivity index (χ0n) is 23.0. The number of allylic oxidation sites excluding steroid dienone is 1. The molecular formula is C31H30BrFN4O4. The van der Waals surface area contributed by atoms with E-state index in [4.69, 9.17) is 14.5 Å². The van der Waals surface area contributed by atoms with Gasteiger partial charge in [0.15, 0.2) is 18.1 Å². The SMILES string of the molecule is C=CCc1cc(C=Nn2c([C@H](C)CC)nc3ccc(Br)cc3c2=O)cc(OC)c1OCC(=O)Nc1ccc(F)cc1. The molecule has 0 saturated carbocycles. The summed E-state index contributed by atoms with van der Waals surface area (Å²) >= 11 is 3.43. The Morgan fingerprint density at radius 3 is 2.66 bits per heavy atom. The Bertz CT molecular complexity index is 1670. The van der Waals surface area contributed by atoms with E-state index >= 15 is 0 Å². The molecule has 3 aromatic carbocycles. The van der Waals surface area contributed by atoms with Gasteiger partial charge in [-0.1, -0.05) is 35.9 Å². The molecule has 0 aliphatic carbocycles. The van der Waals surface area contributed by atoms with Gasteiger partial charge in [0.05, 0.1) is 24.2 Å². The number of carbonyl (C=O) groups excluding carboxylic acids is 1. The average Bonchev–Trinajstić information content (AvgIpc) is 2.97. The molecule has 1 atom stereocenters. The second-order valence-electron chi connectivity index (χ2n) is 9.35. The lowest BCUT2D eigenvalue weighted by Crippen LogP contribution is -2.23. The first-order chi connectivity index (χ1) is 19.7. The number of anilines is 1. The van der Waals surface area contributed by atoms with Crippen LogP contribution >= 0.6 is 15.9 Å². The number of aromatic nitrogens is 2. The highest BCUT2D eigenvalue weighted by atomic mass is 79.9. The van der Waals surface area contributed by atoms with Gasteiger partial charge >= 0.3 is 0 Å². The molecule has 4 aromatic rings. The predicted molar refractivity (Wildman–Crippen MR) is 163 cm³/mol. The Hall–Kier alpha value is -4.31. The highest BCUT2D eigenvalue weighted by molar-refractivity contribution is 9.10. The zero-order chi connectivity index (χ0) is 29.5. The van der Waals surface area contributed by atoms with Gasteiger partial charge in [0.25, 0.3) is 11.5 Å². The Morgan fingerprint density at radius 2 is 1.98 bits per heavy atom. The molecule has 0 fully saturated rings. The molecule has 0 saturated heterocycles.